The smallest absolute Gasteiger partial charge is 0.235 e. The third-order valence-electron chi connectivity index (χ3n) is 5.89. The zero-order valence-corrected chi connectivity index (χ0v) is 18.0. The van der Waals surface area contributed by atoms with E-state index in [-0.39, 0.29) is 23.2 Å². The number of carbonyl (C=O) groups is 1. The molecule has 2 aromatic rings. The summed E-state index contributed by atoms with van der Waals surface area (Å²) in [6.07, 6.45) is 2.37. The molecule has 0 aromatic heterocycles. The minimum atomic E-state index is -3.46. The number of rotatable bonds is 5. The van der Waals surface area contributed by atoms with Crippen molar-refractivity contribution in [2.45, 2.75) is 23.2 Å². The van der Waals surface area contributed by atoms with Gasteiger partial charge in [0.05, 0.1) is 10.3 Å². The normalized spacial score (nSPS) is 18.3. The Morgan fingerprint density at radius 2 is 1.93 bits per heavy atom. The van der Waals surface area contributed by atoms with Crippen LogP contribution >= 0.6 is 11.6 Å². The summed E-state index contributed by atoms with van der Waals surface area (Å²) >= 11 is 6.15. The Morgan fingerprint density at radius 1 is 1.20 bits per heavy atom. The van der Waals surface area contributed by atoms with Gasteiger partial charge in [-0.2, -0.15) is 0 Å². The summed E-state index contributed by atoms with van der Waals surface area (Å²) in [5, 5.41) is 3.58. The predicted octanol–water partition coefficient (Wildman–Crippen LogP) is 3.25. The predicted molar refractivity (Wildman–Crippen MR) is 112 cm³/mol. The van der Waals surface area contributed by atoms with Crippen LogP contribution in [0.3, 0.4) is 0 Å². The van der Waals surface area contributed by atoms with Gasteiger partial charge < -0.3 is 10.1 Å². The summed E-state index contributed by atoms with van der Waals surface area (Å²) in [7, 11) is -3.46. The maximum Gasteiger partial charge on any atom is 0.235 e. The number of likely N-dealkylation sites (tertiary alicyclic amines) is 1. The van der Waals surface area contributed by atoms with Crippen LogP contribution in [0.2, 0.25) is 5.02 Å². The summed E-state index contributed by atoms with van der Waals surface area (Å²) in [6.45, 7) is 2.25. The van der Waals surface area contributed by atoms with Crippen molar-refractivity contribution < 1.29 is 22.3 Å². The molecule has 0 aliphatic carbocycles. The zero-order chi connectivity index (χ0) is 21.5. The fraction of sp³-hybridized carbons (Fsp3) is 0.381. The van der Waals surface area contributed by atoms with Crippen molar-refractivity contribution in [1.82, 2.24) is 4.90 Å². The Labute approximate surface area is 179 Å². The molecule has 4 rings (SSSR count). The Hall–Kier alpha value is -2.16. The molecule has 0 saturated carbocycles. The number of nitrogens with one attached hydrogen (secondary N) is 1. The van der Waals surface area contributed by atoms with Crippen LogP contribution in [0.15, 0.2) is 41.3 Å². The number of carbonyl (C=O) groups excluding carboxylic acids is 1. The van der Waals surface area contributed by atoms with Crippen molar-refractivity contribution >= 4 is 33.0 Å². The topological polar surface area (TPSA) is 75.7 Å². The SMILES string of the molecule is CS(=O)(=O)c1ccc(OCCN2CCC3(CC2)C(=O)Nc2ccc(Cl)cc23)c(F)c1. The molecule has 1 saturated heterocycles. The van der Waals surface area contributed by atoms with E-state index in [9.17, 15) is 17.6 Å². The number of hydrogen-bond donors (Lipinski definition) is 1. The highest BCUT2D eigenvalue weighted by molar-refractivity contribution is 7.90. The first-order valence-corrected chi connectivity index (χ1v) is 11.9. The first-order valence-electron chi connectivity index (χ1n) is 9.65. The average Bonchev–Trinajstić information content (AvgIpc) is 2.95. The van der Waals surface area contributed by atoms with Crippen LogP contribution in [0.25, 0.3) is 0 Å². The van der Waals surface area contributed by atoms with E-state index >= 15 is 0 Å². The third-order valence-corrected chi connectivity index (χ3v) is 7.23. The second kappa shape index (κ2) is 7.83. The van der Waals surface area contributed by atoms with E-state index in [0.717, 1.165) is 23.6 Å². The van der Waals surface area contributed by atoms with Crippen LogP contribution in [-0.2, 0) is 20.0 Å². The molecular weight excluding hydrogens is 431 g/mol. The lowest BCUT2D eigenvalue weighted by Gasteiger charge is -2.38. The standard InChI is InChI=1S/C21H22ClFN2O4S/c1-30(27,28)15-3-5-19(17(23)13-15)29-11-10-25-8-6-21(7-9-25)16-12-14(22)2-4-18(16)24-20(21)26/h2-5,12-13H,6-11H2,1H3,(H,24,26). The monoisotopic (exact) mass is 452 g/mol. The number of benzene rings is 2. The number of hydrogen-bond acceptors (Lipinski definition) is 5. The first kappa shape index (κ1) is 21.1. The quantitative estimate of drug-likeness (QED) is 0.753. The second-order valence-electron chi connectivity index (χ2n) is 7.78. The molecule has 9 heteroatoms. The van der Waals surface area contributed by atoms with Gasteiger partial charge in [0.1, 0.15) is 6.61 Å². The Bertz CT molecular complexity index is 1100. The highest BCUT2D eigenvalue weighted by Crippen LogP contribution is 2.45. The van der Waals surface area contributed by atoms with E-state index in [2.05, 4.69) is 10.2 Å². The van der Waals surface area contributed by atoms with Gasteiger partial charge in [0.25, 0.3) is 0 Å². The number of nitrogens with zero attached hydrogens (tertiary/aromatic N) is 1. The molecule has 0 radical (unpaired) electrons. The van der Waals surface area contributed by atoms with E-state index in [1.54, 1.807) is 6.07 Å². The van der Waals surface area contributed by atoms with Gasteiger partial charge in [0.15, 0.2) is 21.4 Å². The van der Waals surface area contributed by atoms with Gasteiger partial charge in [-0.25, -0.2) is 12.8 Å². The molecule has 2 heterocycles. The largest absolute Gasteiger partial charge is 0.489 e. The fourth-order valence-corrected chi connectivity index (χ4v) is 4.96. The minimum absolute atomic E-state index is 0.0173. The first-order chi connectivity index (χ1) is 14.2. The summed E-state index contributed by atoms with van der Waals surface area (Å²) in [5.41, 5.74) is 1.24. The van der Waals surface area contributed by atoms with Crippen molar-refractivity contribution in [1.29, 1.82) is 0 Å². The number of sulfone groups is 1. The van der Waals surface area contributed by atoms with E-state index < -0.39 is 21.1 Å². The van der Waals surface area contributed by atoms with Crippen LogP contribution in [0, 0.1) is 5.82 Å². The van der Waals surface area contributed by atoms with E-state index in [4.69, 9.17) is 16.3 Å². The molecule has 1 fully saturated rings. The van der Waals surface area contributed by atoms with Crippen molar-refractivity contribution in [2.24, 2.45) is 0 Å². The van der Waals surface area contributed by atoms with Gasteiger partial charge in [-0.15, -0.1) is 0 Å². The van der Waals surface area contributed by atoms with Crippen LogP contribution in [0.5, 0.6) is 5.75 Å². The molecule has 0 unspecified atom stereocenters. The van der Waals surface area contributed by atoms with Crippen molar-refractivity contribution in [3.8, 4) is 5.75 Å². The maximum absolute atomic E-state index is 14.1. The van der Waals surface area contributed by atoms with Crippen LogP contribution in [0.1, 0.15) is 18.4 Å². The number of fused-ring (bicyclic) bond motifs is 2. The number of amides is 1. The summed E-state index contributed by atoms with van der Waals surface area (Å²) in [6, 6.07) is 9.12. The highest BCUT2D eigenvalue weighted by Gasteiger charge is 2.48. The highest BCUT2D eigenvalue weighted by atomic mass is 35.5. The van der Waals surface area contributed by atoms with Crippen LogP contribution in [-0.4, -0.2) is 51.7 Å². The molecule has 2 aliphatic rings. The van der Waals surface area contributed by atoms with Crippen molar-refractivity contribution in [3.05, 3.63) is 52.8 Å². The average molecular weight is 453 g/mol. The molecule has 6 nitrogen and oxygen atoms in total. The number of piperidine rings is 1. The summed E-state index contributed by atoms with van der Waals surface area (Å²) < 4.78 is 42.6. The molecule has 2 aliphatic heterocycles. The van der Waals surface area contributed by atoms with Gasteiger partial charge in [0.2, 0.25) is 5.91 Å². The number of anilines is 1. The molecule has 0 atom stereocenters. The molecule has 1 spiro atoms. The Balaban J connectivity index is 1.34. The summed E-state index contributed by atoms with van der Waals surface area (Å²) in [4.78, 5) is 14.8. The number of ether oxygens (including phenoxy) is 1. The minimum Gasteiger partial charge on any atom is -0.489 e. The maximum atomic E-state index is 14.1. The van der Waals surface area contributed by atoms with Crippen LogP contribution < -0.4 is 10.1 Å². The van der Waals surface area contributed by atoms with Gasteiger partial charge in [-0.3, -0.25) is 9.69 Å². The molecule has 1 N–H and O–H groups in total. The molecule has 0 bridgehead atoms. The van der Waals surface area contributed by atoms with E-state index in [1.807, 2.05) is 12.1 Å². The lowest BCUT2D eigenvalue weighted by molar-refractivity contribution is -0.122. The molecule has 1 amide bonds. The molecule has 160 valence electrons. The van der Waals surface area contributed by atoms with Gasteiger partial charge in [0, 0.05) is 23.5 Å². The fourth-order valence-electron chi connectivity index (χ4n) is 4.15. The molecule has 2 aromatic carbocycles. The zero-order valence-electron chi connectivity index (χ0n) is 16.5. The molecule has 30 heavy (non-hydrogen) atoms. The third kappa shape index (κ3) is 3.91. The molecular formula is C21H22ClFN2O4S. The number of halogens is 2. The van der Waals surface area contributed by atoms with Crippen LogP contribution in [0.4, 0.5) is 10.1 Å². The van der Waals surface area contributed by atoms with Gasteiger partial charge >= 0.3 is 0 Å². The lowest BCUT2D eigenvalue weighted by Crippen LogP contribution is -2.47. The second-order valence-corrected chi connectivity index (χ2v) is 10.2. The van der Waals surface area contributed by atoms with E-state index in [0.29, 0.717) is 37.5 Å². The lowest BCUT2D eigenvalue weighted by atomic mass is 9.73. The Morgan fingerprint density at radius 3 is 2.60 bits per heavy atom. The van der Waals surface area contributed by atoms with E-state index in [1.165, 1.54) is 12.1 Å². The van der Waals surface area contributed by atoms with Gasteiger partial charge in [-0.1, -0.05) is 11.6 Å². The van der Waals surface area contributed by atoms with Crippen molar-refractivity contribution in [2.75, 3.05) is 37.8 Å². The van der Waals surface area contributed by atoms with Gasteiger partial charge in [-0.05, 0) is 67.9 Å². The Kier molecular flexibility index (Phi) is 5.50. The van der Waals surface area contributed by atoms with Crippen molar-refractivity contribution in [3.63, 3.8) is 0 Å². The summed E-state index contributed by atoms with van der Waals surface area (Å²) in [5.74, 6) is -0.662.